The molecule has 2 rings (SSSR count). The lowest BCUT2D eigenvalue weighted by Gasteiger charge is -2.20. The summed E-state index contributed by atoms with van der Waals surface area (Å²) in [6.45, 7) is 0. The summed E-state index contributed by atoms with van der Waals surface area (Å²) < 4.78 is 0.925. The molecule has 1 aromatic heterocycles. The van der Waals surface area contributed by atoms with E-state index in [1.54, 1.807) is 18.0 Å². The van der Waals surface area contributed by atoms with Crippen LogP contribution in [0, 0.1) is 0 Å². The SMILES string of the molecule is O=C(Nc1cc(Br)ccn1)C1CCCCS1. The Kier molecular flexibility index (Phi) is 4.23. The smallest absolute Gasteiger partial charge is 0.238 e. The van der Waals surface area contributed by atoms with E-state index in [9.17, 15) is 4.79 Å². The van der Waals surface area contributed by atoms with Crippen molar-refractivity contribution in [2.45, 2.75) is 24.5 Å². The normalized spacial score (nSPS) is 20.4. The third-order valence-electron chi connectivity index (χ3n) is 2.45. The molecule has 1 saturated heterocycles. The molecule has 1 aliphatic rings. The first-order valence-corrected chi connectivity index (χ1v) is 7.14. The molecule has 2 heterocycles. The van der Waals surface area contributed by atoms with Crippen LogP contribution < -0.4 is 5.32 Å². The van der Waals surface area contributed by atoms with E-state index in [-0.39, 0.29) is 11.2 Å². The van der Waals surface area contributed by atoms with Gasteiger partial charge in [0.15, 0.2) is 0 Å². The third-order valence-corrected chi connectivity index (χ3v) is 4.32. The van der Waals surface area contributed by atoms with Crippen molar-refractivity contribution in [1.29, 1.82) is 0 Å². The Bertz CT molecular complexity index is 380. The second-order valence-electron chi connectivity index (χ2n) is 3.70. The fourth-order valence-electron chi connectivity index (χ4n) is 1.63. The number of rotatable bonds is 2. The molecule has 0 spiro atoms. The summed E-state index contributed by atoms with van der Waals surface area (Å²) in [5.74, 6) is 1.78. The van der Waals surface area contributed by atoms with E-state index < -0.39 is 0 Å². The summed E-state index contributed by atoms with van der Waals surface area (Å²) in [4.78, 5) is 16.0. The molecule has 0 bridgehead atoms. The molecular weight excluding hydrogens is 288 g/mol. The lowest BCUT2D eigenvalue weighted by Crippen LogP contribution is -2.27. The Morgan fingerprint density at radius 2 is 2.44 bits per heavy atom. The number of nitrogens with one attached hydrogen (secondary N) is 1. The number of aromatic nitrogens is 1. The van der Waals surface area contributed by atoms with Crippen LogP contribution in [-0.2, 0) is 4.79 Å². The number of halogens is 1. The molecule has 5 heteroatoms. The Morgan fingerprint density at radius 1 is 1.56 bits per heavy atom. The maximum Gasteiger partial charge on any atom is 0.238 e. The molecule has 1 fully saturated rings. The molecule has 16 heavy (non-hydrogen) atoms. The average molecular weight is 301 g/mol. The average Bonchev–Trinajstić information content (AvgIpc) is 2.30. The minimum absolute atomic E-state index is 0.0790. The van der Waals surface area contributed by atoms with Crippen LogP contribution in [-0.4, -0.2) is 21.9 Å². The van der Waals surface area contributed by atoms with Gasteiger partial charge in [-0.3, -0.25) is 4.79 Å². The van der Waals surface area contributed by atoms with Gasteiger partial charge in [0.2, 0.25) is 5.91 Å². The highest BCUT2D eigenvalue weighted by atomic mass is 79.9. The number of amides is 1. The van der Waals surface area contributed by atoms with E-state index in [0.29, 0.717) is 5.82 Å². The molecule has 1 amide bonds. The molecule has 86 valence electrons. The maximum atomic E-state index is 11.9. The zero-order valence-corrected chi connectivity index (χ0v) is 11.2. The highest BCUT2D eigenvalue weighted by Crippen LogP contribution is 2.26. The fraction of sp³-hybridized carbons (Fsp3) is 0.455. The van der Waals surface area contributed by atoms with Gasteiger partial charge >= 0.3 is 0 Å². The summed E-state index contributed by atoms with van der Waals surface area (Å²) in [7, 11) is 0. The van der Waals surface area contributed by atoms with Gasteiger partial charge in [-0.05, 0) is 30.7 Å². The van der Waals surface area contributed by atoms with Crippen molar-refractivity contribution in [2.24, 2.45) is 0 Å². The van der Waals surface area contributed by atoms with Gasteiger partial charge in [-0.1, -0.05) is 22.4 Å². The molecule has 0 saturated carbocycles. The molecule has 0 radical (unpaired) electrons. The predicted molar refractivity (Wildman–Crippen MR) is 70.7 cm³/mol. The first kappa shape index (κ1) is 11.9. The lowest BCUT2D eigenvalue weighted by molar-refractivity contribution is -0.115. The zero-order chi connectivity index (χ0) is 11.4. The molecule has 0 aliphatic carbocycles. The Balaban J connectivity index is 1.96. The van der Waals surface area contributed by atoms with Gasteiger partial charge in [-0.25, -0.2) is 4.98 Å². The zero-order valence-electron chi connectivity index (χ0n) is 8.78. The number of nitrogens with zero attached hydrogens (tertiary/aromatic N) is 1. The van der Waals surface area contributed by atoms with Crippen LogP contribution in [0.15, 0.2) is 22.8 Å². The number of hydrogen-bond acceptors (Lipinski definition) is 3. The topological polar surface area (TPSA) is 42.0 Å². The Labute approximate surface area is 108 Å². The molecule has 3 nitrogen and oxygen atoms in total. The lowest BCUT2D eigenvalue weighted by atomic mass is 10.2. The number of pyridine rings is 1. The van der Waals surface area contributed by atoms with Gasteiger partial charge in [0, 0.05) is 10.7 Å². The van der Waals surface area contributed by atoms with Crippen LogP contribution in [0.5, 0.6) is 0 Å². The Hall–Kier alpha value is -0.550. The molecule has 0 aromatic carbocycles. The van der Waals surface area contributed by atoms with Crippen molar-refractivity contribution in [3.05, 3.63) is 22.8 Å². The highest BCUT2D eigenvalue weighted by Gasteiger charge is 2.21. The van der Waals surface area contributed by atoms with Crippen molar-refractivity contribution < 1.29 is 4.79 Å². The van der Waals surface area contributed by atoms with Crippen LogP contribution in [0.25, 0.3) is 0 Å². The summed E-state index contributed by atoms with van der Waals surface area (Å²) in [6.07, 6.45) is 5.03. The summed E-state index contributed by atoms with van der Waals surface area (Å²) in [6, 6.07) is 3.65. The van der Waals surface area contributed by atoms with Gasteiger partial charge in [-0.15, -0.1) is 11.8 Å². The second kappa shape index (κ2) is 5.68. The van der Waals surface area contributed by atoms with Gasteiger partial charge in [0.1, 0.15) is 5.82 Å². The van der Waals surface area contributed by atoms with E-state index in [4.69, 9.17) is 0 Å². The molecular formula is C11H13BrN2OS. The van der Waals surface area contributed by atoms with Crippen molar-refractivity contribution in [2.75, 3.05) is 11.1 Å². The van der Waals surface area contributed by atoms with Crippen molar-refractivity contribution in [1.82, 2.24) is 4.98 Å². The summed E-state index contributed by atoms with van der Waals surface area (Å²) >= 11 is 5.09. The van der Waals surface area contributed by atoms with Crippen LogP contribution >= 0.6 is 27.7 Å². The standard InChI is InChI=1S/C11H13BrN2OS/c12-8-4-5-13-10(7-8)14-11(15)9-3-1-2-6-16-9/h4-5,7,9H,1-3,6H2,(H,13,14,15). The summed E-state index contributed by atoms with van der Waals surface area (Å²) in [5.41, 5.74) is 0. The van der Waals surface area contributed by atoms with Crippen LogP contribution in [0.1, 0.15) is 19.3 Å². The fourth-order valence-corrected chi connectivity index (χ4v) is 3.16. The number of carbonyl (C=O) groups is 1. The van der Waals surface area contributed by atoms with Gasteiger partial charge in [0.05, 0.1) is 5.25 Å². The van der Waals surface area contributed by atoms with Crippen LogP contribution in [0.2, 0.25) is 0 Å². The number of anilines is 1. The minimum atomic E-state index is 0.0790. The number of hydrogen-bond donors (Lipinski definition) is 1. The van der Waals surface area contributed by atoms with Gasteiger partial charge in [0.25, 0.3) is 0 Å². The first-order valence-electron chi connectivity index (χ1n) is 5.30. The number of thioether (sulfide) groups is 1. The second-order valence-corrected chi connectivity index (χ2v) is 5.93. The quantitative estimate of drug-likeness (QED) is 0.913. The monoisotopic (exact) mass is 300 g/mol. The van der Waals surface area contributed by atoms with Crippen LogP contribution in [0.4, 0.5) is 5.82 Å². The largest absolute Gasteiger partial charge is 0.310 e. The minimum Gasteiger partial charge on any atom is -0.310 e. The maximum absolute atomic E-state index is 11.9. The van der Waals surface area contributed by atoms with Crippen molar-refractivity contribution in [3.63, 3.8) is 0 Å². The van der Waals surface area contributed by atoms with Crippen molar-refractivity contribution >= 4 is 39.4 Å². The van der Waals surface area contributed by atoms with E-state index in [1.807, 2.05) is 12.1 Å². The molecule has 1 N–H and O–H groups in total. The third kappa shape index (κ3) is 3.22. The molecule has 1 aliphatic heterocycles. The molecule has 1 aromatic rings. The van der Waals surface area contributed by atoms with Crippen molar-refractivity contribution in [3.8, 4) is 0 Å². The first-order chi connectivity index (χ1) is 7.75. The van der Waals surface area contributed by atoms with Gasteiger partial charge < -0.3 is 5.32 Å². The number of carbonyl (C=O) groups excluding carboxylic acids is 1. The van der Waals surface area contributed by atoms with E-state index >= 15 is 0 Å². The van der Waals surface area contributed by atoms with Crippen LogP contribution in [0.3, 0.4) is 0 Å². The Morgan fingerprint density at radius 3 is 3.12 bits per heavy atom. The molecule has 1 unspecified atom stereocenters. The highest BCUT2D eigenvalue weighted by molar-refractivity contribution is 9.10. The van der Waals surface area contributed by atoms with E-state index in [1.165, 1.54) is 6.42 Å². The predicted octanol–water partition coefficient (Wildman–Crippen LogP) is 3.07. The van der Waals surface area contributed by atoms with E-state index in [2.05, 4.69) is 26.2 Å². The molecule has 1 atom stereocenters. The van der Waals surface area contributed by atoms with Gasteiger partial charge in [-0.2, -0.15) is 0 Å². The van der Waals surface area contributed by atoms with E-state index in [0.717, 1.165) is 23.1 Å². The summed E-state index contributed by atoms with van der Waals surface area (Å²) in [5, 5.41) is 2.94.